The van der Waals surface area contributed by atoms with E-state index in [1.165, 1.54) is 12.1 Å². The molecule has 23 heavy (non-hydrogen) atoms. The molecule has 0 unspecified atom stereocenters. The molecule has 122 valence electrons. The molecule has 2 aromatic rings. The Bertz CT molecular complexity index is 783. The van der Waals surface area contributed by atoms with Crippen molar-refractivity contribution in [3.05, 3.63) is 35.3 Å². The molecule has 1 N–H and O–H groups in total. The van der Waals surface area contributed by atoms with Crippen molar-refractivity contribution < 1.29 is 17.9 Å². The number of aromatic nitrogens is 2. The number of nitrogens with one attached hydrogen (secondary N) is 1. The topological polar surface area (TPSA) is 98.3 Å². The SMILES string of the molecule is O=C(Nc1nnc(CS(=O)(=O)c2ccccc2)s1)[C@H]1CCCO1. The molecule has 3 rings (SSSR count). The number of carbonyl (C=O) groups excluding carboxylic acids is 1. The van der Waals surface area contributed by atoms with E-state index in [2.05, 4.69) is 15.5 Å². The van der Waals surface area contributed by atoms with Crippen LogP contribution in [-0.4, -0.2) is 37.2 Å². The first kappa shape index (κ1) is 16.0. The van der Waals surface area contributed by atoms with Crippen LogP contribution in [0.2, 0.25) is 0 Å². The van der Waals surface area contributed by atoms with Gasteiger partial charge >= 0.3 is 0 Å². The number of ether oxygens (including phenoxy) is 1. The first-order valence-corrected chi connectivity index (χ1v) is 9.54. The van der Waals surface area contributed by atoms with E-state index in [0.29, 0.717) is 18.0 Å². The summed E-state index contributed by atoms with van der Waals surface area (Å²) in [7, 11) is -3.47. The van der Waals surface area contributed by atoms with Gasteiger partial charge in [0.05, 0.1) is 4.90 Å². The molecule has 9 heteroatoms. The maximum atomic E-state index is 12.3. The molecule has 7 nitrogen and oxygen atoms in total. The zero-order chi connectivity index (χ0) is 16.3. The predicted molar refractivity (Wildman–Crippen MR) is 84.8 cm³/mol. The number of benzene rings is 1. The normalized spacial score (nSPS) is 18.0. The van der Waals surface area contributed by atoms with Gasteiger partial charge in [-0.3, -0.25) is 10.1 Å². The van der Waals surface area contributed by atoms with Crippen LogP contribution in [0.15, 0.2) is 35.2 Å². The van der Waals surface area contributed by atoms with Gasteiger partial charge in [0.2, 0.25) is 5.13 Å². The van der Waals surface area contributed by atoms with Crippen molar-refractivity contribution in [2.75, 3.05) is 11.9 Å². The highest BCUT2D eigenvalue weighted by atomic mass is 32.2. The van der Waals surface area contributed by atoms with Crippen molar-refractivity contribution in [3.63, 3.8) is 0 Å². The summed E-state index contributed by atoms with van der Waals surface area (Å²) in [4.78, 5) is 12.2. The van der Waals surface area contributed by atoms with Crippen LogP contribution < -0.4 is 5.32 Å². The summed E-state index contributed by atoms with van der Waals surface area (Å²) >= 11 is 1.05. The number of amides is 1. The summed E-state index contributed by atoms with van der Waals surface area (Å²) in [5.74, 6) is -0.513. The molecule has 2 heterocycles. The molecular formula is C14H15N3O4S2. The van der Waals surface area contributed by atoms with Crippen LogP contribution in [0.25, 0.3) is 0 Å². The Kier molecular flexibility index (Phi) is 4.69. The van der Waals surface area contributed by atoms with E-state index in [1.54, 1.807) is 18.2 Å². The van der Waals surface area contributed by atoms with Crippen LogP contribution in [0.1, 0.15) is 17.8 Å². The number of rotatable bonds is 5. The van der Waals surface area contributed by atoms with Crippen molar-refractivity contribution in [2.24, 2.45) is 0 Å². The number of hydrogen-bond donors (Lipinski definition) is 1. The molecule has 0 spiro atoms. The fraction of sp³-hybridized carbons (Fsp3) is 0.357. The average Bonchev–Trinajstić information content (AvgIpc) is 3.20. The molecule has 0 saturated carbocycles. The Hall–Kier alpha value is -1.84. The van der Waals surface area contributed by atoms with Crippen LogP contribution in [0.5, 0.6) is 0 Å². The largest absolute Gasteiger partial charge is 0.368 e. The standard InChI is InChI=1S/C14H15N3O4S2/c18-13(11-7-4-8-21-11)15-14-17-16-12(22-14)9-23(19,20)10-5-2-1-3-6-10/h1-3,5-6,11H,4,7-9H2,(H,15,17,18)/t11-/m1/s1. The Labute approximate surface area is 137 Å². The fourth-order valence-corrected chi connectivity index (χ4v) is 4.57. The third-order valence-electron chi connectivity index (χ3n) is 3.33. The summed E-state index contributed by atoms with van der Waals surface area (Å²) in [5, 5.41) is 10.9. The number of hydrogen-bond acceptors (Lipinski definition) is 7. The molecular weight excluding hydrogens is 338 g/mol. The second kappa shape index (κ2) is 6.73. The molecule has 1 aliphatic rings. The Balaban J connectivity index is 1.66. The first-order chi connectivity index (χ1) is 11.0. The lowest BCUT2D eigenvalue weighted by Gasteiger charge is -2.07. The maximum Gasteiger partial charge on any atom is 0.255 e. The van der Waals surface area contributed by atoms with Crippen LogP contribution in [0.3, 0.4) is 0 Å². The summed E-state index contributed by atoms with van der Waals surface area (Å²) in [6, 6.07) is 8.16. The second-order valence-electron chi connectivity index (χ2n) is 5.06. The number of carbonyl (C=O) groups is 1. The predicted octanol–water partition coefficient (Wildman–Crippen LogP) is 1.63. The monoisotopic (exact) mass is 353 g/mol. The fourth-order valence-electron chi connectivity index (χ4n) is 2.21. The molecule has 0 bridgehead atoms. The van der Waals surface area contributed by atoms with Gasteiger partial charge in [-0.05, 0) is 25.0 Å². The van der Waals surface area contributed by atoms with E-state index in [9.17, 15) is 13.2 Å². The van der Waals surface area contributed by atoms with Crippen molar-refractivity contribution in [3.8, 4) is 0 Å². The first-order valence-electron chi connectivity index (χ1n) is 7.07. The van der Waals surface area contributed by atoms with E-state index >= 15 is 0 Å². The van der Waals surface area contributed by atoms with Gasteiger partial charge in [0, 0.05) is 6.61 Å². The molecule has 0 aliphatic carbocycles. The molecule has 1 aromatic carbocycles. The van der Waals surface area contributed by atoms with Crippen LogP contribution in [0, 0.1) is 0 Å². The Morgan fingerprint density at radius 1 is 1.30 bits per heavy atom. The third-order valence-corrected chi connectivity index (χ3v) is 6.00. The van der Waals surface area contributed by atoms with E-state index < -0.39 is 15.9 Å². The Morgan fingerprint density at radius 3 is 2.78 bits per heavy atom. The second-order valence-corrected chi connectivity index (χ2v) is 8.12. The van der Waals surface area contributed by atoms with Crippen molar-refractivity contribution >= 4 is 32.2 Å². The van der Waals surface area contributed by atoms with Crippen molar-refractivity contribution in [2.45, 2.75) is 29.6 Å². The van der Waals surface area contributed by atoms with Crippen molar-refractivity contribution in [1.82, 2.24) is 10.2 Å². The molecule has 1 saturated heterocycles. The molecule has 1 aliphatic heterocycles. The quantitative estimate of drug-likeness (QED) is 0.877. The molecule has 0 radical (unpaired) electrons. The van der Waals surface area contributed by atoms with Gasteiger partial charge < -0.3 is 4.74 Å². The lowest BCUT2D eigenvalue weighted by Crippen LogP contribution is -2.26. The summed E-state index contributed by atoms with van der Waals surface area (Å²) in [6.07, 6.45) is 1.07. The highest BCUT2D eigenvalue weighted by molar-refractivity contribution is 7.90. The molecule has 1 amide bonds. The maximum absolute atomic E-state index is 12.3. The smallest absolute Gasteiger partial charge is 0.255 e. The third kappa shape index (κ3) is 3.92. The van der Waals surface area contributed by atoms with Gasteiger partial charge in [0.15, 0.2) is 9.84 Å². The summed E-state index contributed by atoms with van der Waals surface area (Å²) in [5.41, 5.74) is 0. The Morgan fingerprint density at radius 2 is 2.09 bits per heavy atom. The zero-order valence-corrected chi connectivity index (χ0v) is 13.8. The lowest BCUT2D eigenvalue weighted by molar-refractivity contribution is -0.124. The van der Waals surface area contributed by atoms with Gasteiger partial charge in [-0.15, -0.1) is 10.2 Å². The number of sulfone groups is 1. The van der Waals surface area contributed by atoms with Crippen LogP contribution >= 0.6 is 11.3 Å². The van der Waals surface area contributed by atoms with Crippen LogP contribution in [0.4, 0.5) is 5.13 Å². The minimum absolute atomic E-state index is 0.236. The van der Waals surface area contributed by atoms with E-state index in [-0.39, 0.29) is 21.7 Å². The minimum Gasteiger partial charge on any atom is -0.368 e. The van der Waals surface area contributed by atoms with Crippen LogP contribution in [-0.2, 0) is 25.1 Å². The minimum atomic E-state index is -3.47. The van der Waals surface area contributed by atoms with Gasteiger partial charge in [0.1, 0.15) is 16.9 Å². The molecule has 1 aromatic heterocycles. The highest BCUT2D eigenvalue weighted by Crippen LogP contribution is 2.22. The molecule has 1 atom stereocenters. The summed E-state index contributed by atoms with van der Waals surface area (Å²) in [6.45, 7) is 0.578. The van der Waals surface area contributed by atoms with E-state index in [1.807, 2.05) is 0 Å². The summed E-state index contributed by atoms with van der Waals surface area (Å²) < 4.78 is 29.8. The van der Waals surface area contributed by atoms with Gasteiger partial charge in [0.25, 0.3) is 5.91 Å². The highest BCUT2D eigenvalue weighted by Gasteiger charge is 2.25. The molecule has 1 fully saturated rings. The van der Waals surface area contributed by atoms with Gasteiger partial charge in [-0.2, -0.15) is 0 Å². The van der Waals surface area contributed by atoms with Gasteiger partial charge in [-0.1, -0.05) is 29.5 Å². The number of nitrogens with zero attached hydrogens (tertiary/aromatic N) is 2. The average molecular weight is 353 g/mol. The van der Waals surface area contributed by atoms with Gasteiger partial charge in [-0.25, -0.2) is 8.42 Å². The van der Waals surface area contributed by atoms with Crippen molar-refractivity contribution in [1.29, 1.82) is 0 Å². The lowest BCUT2D eigenvalue weighted by atomic mass is 10.2. The number of anilines is 1. The van der Waals surface area contributed by atoms with E-state index in [4.69, 9.17) is 4.74 Å². The van der Waals surface area contributed by atoms with E-state index in [0.717, 1.165) is 17.8 Å². The zero-order valence-electron chi connectivity index (χ0n) is 12.1.